The second kappa shape index (κ2) is 3.34. The van der Waals surface area contributed by atoms with E-state index in [0.717, 1.165) is 0 Å². The molecule has 0 amide bonds. The molecule has 1 aromatic rings. The Morgan fingerprint density at radius 1 is 1.27 bits per heavy atom. The second-order valence-corrected chi connectivity index (χ2v) is 4.51. The van der Waals surface area contributed by atoms with Crippen LogP contribution in [0.5, 0.6) is 0 Å². The molecule has 0 saturated carbocycles. The predicted octanol–water partition coefficient (Wildman–Crippen LogP) is 1.67. The molecule has 80 valence electrons. The van der Waals surface area contributed by atoms with Crippen LogP contribution in [-0.4, -0.2) is 17.7 Å². The maximum absolute atomic E-state index is 11.6. The average molecular weight is 226 g/mol. The van der Waals surface area contributed by atoms with Crippen LogP contribution in [0, 0.1) is 0 Å². The summed E-state index contributed by atoms with van der Waals surface area (Å²) in [7, 11) is 0. The van der Waals surface area contributed by atoms with Crippen molar-refractivity contribution in [2.24, 2.45) is 0 Å². The van der Waals surface area contributed by atoms with E-state index in [1.807, 2.05) is 0 Å². The molecule has 1 aromatic heterocycles. The van der Waals surface area contributed by atoms with Crippen molar-refractivity contribution in [3.63, 3.8) is 0 Å². The predicted molar refractivity (Wildman–Crippen MR) is 53.3 cm³/mol. The van der Waals surface area contributed by atoms with Gasteiger partial charge in [0.2, 0.25) is 0 Å². The Kier molecular flexibility index (Phi) is 2.26. The van der Waals surface area contributed by atoms with Crippen LogP contribution in [0.3, 0.4) is 0 Å². The highest BCUT2D eigenvalue weighted by molar-refractivity contribution is 7.08. The summed E-state index contributed by atoms with van der Waals surface area (Å²) in [5.74, 6) is -3.17. The zero-order valence-corrected chi connectivity index (χ0v) is 9.17. The maximum atomic E-state index is 11.6. The fourth-order valence-corrected chi connectivity index (χ4v) is 2.12. The van der Waals surface area contributed by atoms with Crippen molar-refractivity contribution in [3.8, 4) is 0 Å². The number of carbonyl (C=O) groups is 2. The zero-order valence-electron chi connectivity index (χ0n) is 8.35. The van der Waals surface area contributed by atoms with Crippen LogP contribution < -0.4 is 0 Å². The van der Waals surface area contributed by atoms with Gasteiger partial charge in [0, 0.05) is 13.8 Å². The van der Waals surface area contributed by atoms with Gasteiger partial charge in [-0.05, 0) is 22.4 Å². The maximum Gasteiger partial charge on any atom is 0.328 e. The molecule has 1 saturated heterocycles. The molecule has 2 rings (SSSR count). The molecule has 0 atom stereocenters. The zero-order chi connectivity index (χ0) is 11.1. The van der Waals surface area contributed by atoms with Gasteiger partial charge in [-0.15, -0.1) is 0 Å². The second-order valence-electron chi connectivity index (χ2n) is 3.73. The molecule has 0 radical (unpaired) electrons. The van der Waals surface area contributed by atoms with Crippen molar-refractivity contribution in [2.45, 2.75) is 25.6 Å². The largest absolute Gasteiger partial charge is 0.422 e. The van der Waals surface area contributed by atoms with Gasteiger partial charge in [0.1, 0.15) is 0 Å². The van der Waals surface area contributed by atoms with Crippen LogP contribution in [-0.2, 0) is 19.1 Å². The molecule has 0 bridgehead atoms. The van der Waals surface area contributed by atoms with Gasteiger partial charge in [0.05, 0.1) is 0 Å². The van der Waals surface area contributed by atoms with E-state index in [1.54, 1.807) is 16.8 Å². The summed E-state index contributed by atoms with van der Waals surface area (Å²) in [5.41, 5.74) is 0.630. The quantitative estimate of drug-likeness (QED) is 0.540. The Labute approximate surface area is 90.8 Å². The van der Waals surface area contributed by atoms with Gasteiger partial charge < -0.3 is 9.47 Å². The lowest BCUT2D eigenvalue weighted by atomic mass is 10.0. The number of thiophene rings is 1. The summed E-state index contributed by atoms with van der Waals surface area (Å²) in [6, 6.07) is 1.72. The van der Waals surface area contributed by atoms with Crippen LogP contribution in [0.15, 0.2) is 16.8 Å². The smallest absolute Gasteiger partial charge is 0.328 e. The number of hydrogen-bond donors (Lipinski definition) is 0. The third kappa shape index (κ3) is 1.87. The average Bonchev–Trinajstić information content (AvgIpc) is 2.52. The van der Waals surface area contributed by atoms with Crippen molar-refractivity contribution in [3.05, 3.63) is 22.4 Å². The Morgan fingerprint density at radius 3 is 2.33 bits per heavy atom. The number of cyclic esters (lactones) is 2. The van der Waals surface area contributed by atoms with E-state index in [-0.39, 0.29) is 0 Å². The van der Waals surface area contributed by atoms with Gasteiger partial charge in [0.25, 0.3) is 5.79 Å². The SMILES string of the molecule is CC1(C)OC(=O)C(c2ccsc2)C(=O)O1. The summed E-state index contributed by atoms with van der Waals surface area (Å²) in [6.07, 6.45) is 0. The summed E-state index contributed by atoms with van der Waals surface area (Å²) >= 11 is 1.42. The third-order valence-corrected chi connectivity index (χ3v) is 2.74. The molecular weight excluding hydrogens is 216 g/mol. The minimum atomic E-state index is -1.15. The number of hydrogen-bond acceptors (Lipinski definition) is 5. The highest BCUT2D eigenvalue weighted by Gasteiger charge is 2.44. The summed E-state index contributed by atoms with van der Waals surface area (Å²) < 4.78 is 10.0. The van der Waals surface area contributed by atoms with Gasteiger partial charge in [-0.25, -0.2) is 0 Å². The van der Waals surface area contributed by atoms with Crippen molar-refractivity contribution >= 4 is 23.3 Å². The molecular formula is C10H10O4S. The van der Waals surface area contributed by atoms with E-state index in [2.05, 4.69) is 0 Å². The van der Waals surface area contributed by atoms with Crippen LogP contribution in [0.4, 0.5) is 0 Å². The monoisotopic (exact) mass is 226 g/mol. The summed E-state index contributed by atoms with van der Waals surface area (Å²) in [4.78, 5) is 23.2. The van der Waals surface area contributed by atoms with Crippen molar-refractivity contribution in [1.82, 2.24) is 0 Å². The Bertz CT molecular complexity index is 374. The summed E-state index contributed by atoms with van der Waals surface area (Å²) in [6.45, 7) is 3.07. The Balaban J connectivity index is 2.29. The lowest BCUT2D eigenvalue weighted by Crippen LogP contribution is -2.44. The molecule has 15 heavy (non-hydrogen) atoms. The van der Waals surface area contributed by atoms with Gasteiger partial charge in [-0.3, -0.25) is 9.59 Å². The molecule has 0 aliphatic carbocycles. The molecule has 1 aliphatic rings. The van der Waals surface area contributed by atoms with Gasteiger partial charge in [-0.1, -0.05) is 0 Å². The van der Waals surface area contributed by atoms with Gasteiger partial charge in [-0.2, -0.15) is 11.3 Å². The van der Waals surface area contributed by atoms with Gasteiger partial charge in [0.15, 0.2) is 5.92 Å². The minimum Gasteiger partial charge on any atom is -0.422 e. The lowest BCUT2D eigenvalue weighted by Gasteiger charge is -2.32. The first kappa shape index (κ1) is 10.2. The fourth-order valence-electron chi connectivity index (χ4n) is 1.43. The van der Waals surface area contributed by atoms with E-state index in [1.165, 1.54) is 25.2 Å². The Morgan fingerprint density at radius 2 is 1.87 bits per heavy atom. The summed E-state index contributed by atoms with van der Waals surface area (Å²) in [5, 5.41) is 3.54. The number of ether oxygens (including phenoxy) is 2. The third-order valence-electron chi connectivity index (χ3n) is 2.04. The first-order valence-electron chi connectivity index (χ1n) is 4.47. The molecule has 0 N–H and O–H groups in total. The topological polar surface area (TPSA) is 52.6 Å². The number of carbonyl (C=O) groups excluding carboxylic acids is 2. The molecule has 4 nitrogen and oxygen atoms in total. The lowest BCUT2D eigenvalue weighted by molar-refractivity contribution is -0.234. The molecule has 1 fully saturated rings. The van der Waals surface area contributed by atoms with E-state index in [4.69, 9.17) is 9.47 Å². The molecule has 0 spiro atoms. The molecule has 2 heterocycles. The van der Waals surface area contributed by atoms with Gasteiger partial charge >= 0.3 is 11.9 Å². The first-order chi connectivity index (χ1) is 6.99. The highest BCUT2D eigenvalue weighted by atomic mass is 32.1. The first-order valence-corrected chi connectivity index (χ1v) is 5.42. The van der Waals surface area contributed by atoms with E-state index in [0.29, 0.717) is 5.56 Å². The standard InChI is InChI=1S/C10H10O4S/c1-10(2)13-8(11)7(9(12)14-10)6-3-4-15-5-6/h3-5,7H,1-2H3. The van der Waals surface area contributed by atoms with Crippen molar-refractivity contribution in [1.29, 1.82) is 0 Å². The van der Waals surface area contributed by atoms with E-state index in [9.17, 15) is 9.59 Å². The molecule has 0 aromatic carbocycles. The fraction of sp³-hybridized carbons (Fsp3) is 0.400. The minimum absolute atomic E-state index is 0.547. The van der Waals surface area contributed by atoms with Crippen LogP contribution in [0.25, 0.3) is 0 Å². The van der Waals surface area contributed by atoms with Crippen LogP contribution in [0.2, 0.25) is 0 Å². The normalized spacial score (nSPS) is 20.9. The van der Waals surface area contributed by atoms with E-state index < -0.39 is 23.6 Å². The number of rotatable bonds is 1. The van der Waals surface area contributed by atoms with Crippen molar-refractivity contribution < 1.29 is 19.1 Å². The highest BCUT2D eigenvalue weighted by Crippen LogP contribution is 2.30. The molecule has 1 aliphatic heterocycles. The Hall–Kier alpha value is -1.36. The van der Waals surface area contributed by atoms with Crippen LogP contribution >= 0.6 is 11.3 Å². The van der Waals surface area contributed by atoms with Crippen LogP contribution in [0.1, 0.15) is 25.3 Å². The van der Waals surface area contributed by atoms with E-state index >= 15 is 0 Å². The molecule has 0 unspecified atom stereocenters. The van der Waals surface area contributed by atoms with Crippen molar-refractivity contribution in [2.75, 3.05) is 0 Å². The molecule has 5 heteroatoms. The number of esters is 2.